The molecule has 0 spiro atoms. The number of hydrogen-bond acceptors (Lipinski definition) is 4. The molecule has 114 valence electrons. The van der Waals surface area contributed by atoms with Crippen molar-refractivity contribution in [1.29, 1.82) is 0 Å². The largest absolute Gasteiger partial charge is 0.397 e. The van der Waals surface area contributed by atoms with Gasteiger partial charge in [-0.1, -0.05) is 6.42 Å². The highest BCUT2D eigenvalue weighted by atomic mass is 16.1. The molecule has 1 saturated heterocycles. The van der Waals surface area contributed by atoms with Crippen LogP contribution in [0.25, 0.3) is 0 Å². The van der Waals surface area contributed by atoms with Gasteiger partial charge in [-0.05, 0) is 50.6 Å². The van der Waals surface area contributed by atoms with Crippen LogP contribution in [0.2, 0.25) is 0 Å². The molecule has 0 saturated carbocycles. The number of carbonyl (C=O) groups excluding carboxylic acids is 1. The number of nitrogens with zero attached hydrogens (tertiary/aromatic N) is 1. The number of rotatable bonds is 3. The molecule has 1 unspecified atom stereocenters. The van der Waals surface area contributed by atoms with Crippen LogP contribution in [0.4, 0.5) is 17.1 Å². The lowest BCUT2D eigenvalue weighted by atomic mass is 10.0. The number of carbonyl (C=O) groups is 1. The molecule has 2 heterocycles. The monoisotopic (exact) mass is 288 g/mol. The van der Waals surface area contributed by atoms with Crippen LogP contribution in [0.5, 0.6) is 0 Å². The average Bonchev–Trinajstić information content (AvgIpc) is 2.46. The lowest BCUT2D eigenvalue weighted by Crippen LogP contribution is -2.40. The van der Waals surface area contributed by atoms with Crippen molar-refractivity contribution in [2.75, 3.05) is 36.5 Å². The van der Waals surface area contributed by atoms with Crippen LogP contribution in [0.15, 0.2) is 12.1 Å². The van der Waals surface area contributed by atoms with Gasteiger partial charge in [0.1, 0.15) is 0 Å². The predicted octanol–water partition coefficient (Wildman–Crippen LogP) is 2.05. The van der Waals surface area contributed by atoms with Crippen LogP contribution in [-0.2, 0) is 11.2 Å². The molecule has 0 bridgehead atoms. The first-order valence-electron chi connectivity index (χ1n) is 7.80. The quantitative estimate of drug-likeness (QED) is 0.745. The maximum atomic E-state index is 11.4. The van der Waals surface area contributed by atoms with E-state index < -0.39 is 0 Å². The van der Waals surface area contributed by atoms with Crippen molar-refractivity contribution < 1.29 is 4.79 Å². The Hall–Kier alpha value is -1.75. The van der Waals surface area contributed by atoms with Crippen LogP contribution in [0, 0.1) is 0 Å². The standard InChI is InChI=1S/C16H24N4O/c1-20-7-3-2-4-12(20)10-18-15-8-11-5-6-16(21)19-14(11)9-13(15)17/h8-9,12,18H,2-7,10,17H2,1H3,(H,19,21). The fourth-order valence-electron chi connectivity index (χ4n) is 3.23. The summed E-state index contributed by atoms with van der Waals surface area (Å²) >= 11 is 0. The Morgan fingerprint density at radius 2 is 2.24 bits per heavy atom. The van der Waals surface area contributed by atoms with Crippen molar-refractivity contribution in [3.8, 4) is 0 Å². The van der Waals surface area contributed by atoms with Gasteiger partial charge < -0.3 is 21.3 Å². The lowest BCUT2D eigenvalue weighted by Gasteiger charge is -2.33. The minimum Gasteiger partial charge on any atom is -0.397 e. The van der Waals surface area contributed by atoms with Gasteiger partial charge in [-0.2, -0.15) is 0 Å². The topological polar surface area (TPSA) is 70.4 Å². The molecular formula is C16H24N4O. The maximum Gasteiger partial charge on any atom is 0.224 e. The van der Waals surface area contributed by atoms with Crippen molar-refractivity contribution in [2.24, 2.45) is 0 Å². The first-order valence-corrected chi connectivity index (χ1v) is 7.80. The second-order valence-corrected chi connectivity index (χ2v) is 6.16. The molecule has 0 radical (unpaired) electrons. The Balaban J connectivity index is 1.69. The summed E-state index contributed by atoms with van der Waals surface area (Å²) in [4.78, 5) is 13.8. The molecule has 1 fully saturated rings. The number of nitrogens with one attached hydrogen (secondary N) is 2. The minimum atomic E-state index is 0.0754. The number of nitrogen functional groups attached to an aromatic ring is 1. The number of piperidine rings is 1. The van der Waals surface area contributed by atoms with Crippen molar-refractivity contribution >= 4 is 23.0 Å². The van der Waals surface area contributed by atoms with Crippen LogP contribution < -0.4 is 16.4 Å². The van der Waals surface area contributed by atoms with E-state index in [9.17, 15) is 4.79 Å². The Morgan fingerprint density at radius 1 is 1.38 bits per heavy atom. The number of amides is 1. The van der Waals surface area contributed by atoms with E-state index in [1.165, 1.54) is 31.4 Å². The number of hydrogen-bond donors (Lipinski definition) is 3. The molecular weight excluding hydrogens is 264 g/mol. The molecule has 2 aliphatic heterocycles. The second kappa shape index (κ2) is 5.93. The van der Waals surface area contributed by atoms with Gasteiger partial charge in [0.25, 0.3) is 0 Å². The molecule has 3 rings (SSSR count). The van der Waals surface area contributed by atoms with E-state index in [1.807, 2.05) is 6.07 Å². The third-order valence-corrected chi connectivity index (χ3v) is 4.62. The summed E-state index contributed by atoms with van der Waals surface area (Å²) in [5.41, 5.74) is 9.84. The van der Waals surface area contributed by atoms with E-state index in [0.717, 1.165) is 24.3 Å². The molecule has 21 heavy (non-hydrogen) atoms. The molecule has 1 atom stereocenters. The van der Waals surface area contributed by atoms with E-state index in [0.29, 0.717) is 18.2 Å². The predicted molar refractivity (Wildman–Crippen MR) is 86.6 cm³/mol. The van der Waals surface area contributed by atoms with E-state index in [4.69, 9.17) is 5.73 Å². The number of nitrogens with two attached hydrogens (primary N) is 1. The normalized spacial score (nSPS) is 22.5. The van der Waals surface area contributed by atoms with Crippen molar-refractivity contribution in [2.45, 2.75) is 38.1 Å². The summed E-state index contributed by atoms with van der Waals surface area (Å²) in [6.45, 7) is 2.10. The molecule has 0 aliphatic carbocycles. The number of benzene rings is 1. The molecule has 5 heteroatoms. The molecule has 1 amide bonds. The summed E-state index contributed by atoms with van der Waals surface area (Å²) in [7, 11) is 2.19. The Labute approximate surface area is 125 Å². The van der Waals surface area contributed by atoms with Gasteiger partial charge in [0.05, 0.1) is 11.4 Å². The fraction of sp³-hybridized carbons (Fsp3) is 0.562. The lowest BCUT2D eigenvalue weighted by molar-refractivity contribution is -0.116. The van der Waals surface area contributed by atoms with Gasteiger partial charge in [0.15, 0.2) is 0 Å². The highest BCUT2D eigenvalue weighted by Gasteiger charge is 2.20. The van der Waals surface area contributed by atoms with Crippen LogP contribution >= 0.6 is 0 Å². The highest BCUT2D eigenvalue weighted by molar-refractivity contribution is 5.95. The minimum absolute atomic E-state index is 0.0754. The van der Waals surface area contributed by atoms with Gasteiger partial charge in [-0.3, -0.25) is 4.79 Å². The number of fused-ring (bicyclic) bond motifs is 1. The average molecular weight is 288 g/mol. The Morgan fingerprint density at radius 3 is 3.05 bits per heavy atom. The maximum absolute atomic E-state index is 11.4. The van der Waals surface area contributed by atoms with E-state index in [1.54, 1.807) is 0 Å². The number of likely N-dealkylation sites (N-methyl/N-ethyl adjacent to an activating group) is 1. The first kappa shape index (κ1) is 14.2. The molecule has 1 aromatic carbocycles. The Kier molecular flexibility index (Phi) is 4.01. The summed E-state index contributed by atoms with van der Waals surface area (Å²) in [6, 6.07) is 4.54. The van der Waals surface area contributed by atoms with Crippen molar-refractivity contribution in [1.82, 2.24) is 4.90 Å². The van der Waals surface area contributed by atoms with Gasteiger partial charge in [0.2, 0.25) is 5.91 Å². The molecule has 0 aromatic heterocycles. The Bertz CT molecular complexity index is 543. The number of anilines is 3. The van der Waals surface area contributed by atoms with Crippen molar-refractivity contribution in [3.63, 3.8) is 0 Å². The van der Waals surface area contributed by atoms with Gasteiger partial charge in [-0.25, -0.2) is 0 Å². The third kappa shape index (κ3) is 3.13. The van der Waals surface area contributed by atoms with E-state index in [-0.39, 0.29) is 5.91 Å². The molecule has 1 aromatic rings. The zero-order valence-electron chi connectivity index (χ0n) is 12.6. The SMILES string of the molecule is CN1CCCCC1CNc1cc2c(cc1N)NC(=O)CC2. The zero-order chi connectivity index (χ0) is 14.8. The summed E-state index contributed by atoms with van der Waals surface area (Å²) in [5.74, 6) is 0.0754. The molecule has 5 nitrogen and oxygen atoms in total. The zero-order valence-corrected chi connectivity index (χ0v) is 12.6. The van der Waals surface area contributed by atoms with Crippen LogP contribution in [0.1, 0.15) is 31.2 Å². The first-order chi connectivity index (χ1) is 10.1. The van der Waals surface area contributed by atoms with Crippen LogP contribution in [0.3, 0.4) is 0 Å². The highest BCUT2D eigenvalue weighted by Crippen LogP contribution is 2.31. The van der Waals surface area contributed by atoms with Gasteiger partial charge in [0, 0.05) is 24.7 Å². The van der Waals surface area contributed by atoms with Gasteiger partial charge in [-0.15, -0.1) is 0 Å². The van der Waals surface area contributed by atoms with E-state index >= 15 is 0 Å². The summed E-state index contributed by atoms with van der Waals surface area (Å²) in [6.07, 6.45) is 5.20. The van der Waals surface area contributed by atoms with E-state index in [2.05, 4.69) is 28.6 Å². The smallest absolute Gasteiger partial charge is 0.224 e. The molecule has 4 N–H and O–H groups in total. The van der Waals surface area contributed by atoms with Gasteiger partial charge >= 0.3 is 0 Å². The summed E-state index contributed by atoms with van der Waals surface area (Å²) in [5, 5.41) is 6.38. The summed E-state index contributed by atoms with van der Waals surface area (Å²) < 4.78 is 0. The number of likely N-dealkylation sites (tertiary alicyclic amines) is 1. The fourth-order valence-corrected chi connectivity index (χ4v) is 3.23. The van der Waals surface area contributed by atoms with Crippen molar-refractivity contribution in [3.05, 3.63) is 17.7 Å². The second-order valence-electron chi connectivity index (χ2n) is 6.16. The number of aryl methyl sites for hydroxylation is 1. The third-order valence-electron chi connectivity index (χ3n) is 4.62. The molecule has 2 aliphatic rings. The van der Waals surface area contributed by atoms with Crippen LogP contribution in [-0.4, -0.2) is 37.0 Å².